The highest BCUT2D eigenvalue weighted by Gasteiger charge is 2.18. The zero-order chi connectivity index (χ0) is 24.4. The van der Waals surface area contributed by atoms with Crippen LogP contribution < -0.4 is 20.9 Å². The van der Waals surface area contributed by atoms with Crippen molar-refractivity contribution in [3.05, 3.63) is 71.3 Å². The highest BCUT2D eigenvalue weighted by atomic mass is 16.5. The molecule has 0 saturated carbocycles. The maximum absolute atomic E-state index is 9.68. The normalized spacial score (nSPS) is 10.1. The monoisotopic (exact) mass is 446 g/mol. The number of ether oxygens (including phenoxy) is 2. The van der Waals surface area contributed by atoms with Gasteiger partial charge in [0.25, 0.3) is 0 Å². The van der Waals surface area contributed by atoms with Crippen LogP contribution in [0.1, 0.15) is 16.7 Å². The lowest BCUT2D eigenvalue weighted by atomic mass is 9.95. The number of nitrogens with two attached hydrogens (primary N) is 2. The number of fused-ring (bicyclic) bond motifs is 1. The molecule has 6 N–H and O–H groups in total. The first-order valence-electron chi connectivity index (χ1n) is 9.92. The Morgan fingerprint density at radius 2 is 1.24 bits per heavy atom. The Morgan fingerprint density at radius 1 is 0.647 bits per heavy atom. The van der Waals surface area contributed by atoms with Crippen LogP contribution in [0, 0.1) is 37.0 Å². The van der Waals surface area contributed by atoms with Gasteiger partial charge in [0.1, 0.15) is 28.7 Å². The number of anilines is 2. The third kappa shape index (κ3) is 3.82. The minimum Gasteiger partial charge on any atom is -0.506 e. The Bertz CT molecular complexity index is 1580. The third-order valence-corrected chi connectivity index (χ3v) is 5.13. The van der Waals surface area contributed by atoms with Gasteiger partial charge in [0, 0.05) is 22.9 Å². The number of aromatic hydroxyl groups is 2. The zero-order valence-corrected chi connectivity index (χ0v) is 17.8. The second-order valence-electron chi connectivity index (χ2n) is 7.24. The van der Waals surface area contributed by atoms with Gasteiger partial charge in [0.05, 0.1) is 28.1 Å². The summed E-state index contributed by atoms with van der Waals surface area (Å²) in [6.45, 7) is 0. The number of hydrogen-bond donors (Lipinski definition) is 4. The van der Waals surface area contributed by atoms with Crippen LogP contribution in [-0.2, 0) is 0 Å². The molecular formula is C28H18N2O4. The second-order valence-corrected chi connectivity index (χ2v) is 7.24. The lowest BCUT2D eigenvalue weighted by Crippen LogP contribution is -1.98. The van der Waals surface area contributed by atoms with Crippen LogP contribution in [0.3, 0.4) is 0 Å². The van der Waals surface area contributed by atoms with E-state index in [-0.39, 0.29) is 28.6 Å². The molecule has 164 valence electrons. The quantitative estimate of drug-likeness (QED) is 0.201. The van der Waals surface area contributed by atoms with E-state index in [1.807, 2.05) is 0 Å². The molecule has 0 fully saturated rings. The molecule has 0 spiro atoms. The molecule has 4 rings (SSSR count). The molecule has 0 aromatic heterocycles. The van der Waals surface area contributed by atoms with Crippen LogP contribution in [0.5, 0.6) is 34.5 Å². The van der Waals surface area contributed by atoms with E-state index in [4.69, 9.17) is 40.2 Å². The van der Waals surface area contributed by atoms with Gasteiger partial charge >= 0.3 is 0 Å². The summed E-state index contributed by atoms with van der Waals surface area (Å²) in [6, 6.07) is 14.0. The summed E-state index contributed by atoms with van der Waals surface area (Å²) >= 11 is 0. The standard InChI is InChI=1S/C28H18N2O4/c1-4-16-13-22-19(5-2)27(33-17-7-10-25(31)23(29)14-17)12-9-21(22)20(6-3)28(16)34-18-8-11-26(32)24(30)15-18/h1-3,7-15,31-32H,29-30H2. The Kier molecular flexibility index (Phi) is 5.54. The van der Waals surface area contributed by atoms with Gasteiger partial charge in [-0.1, -0.05) is 17.8 Å². The van der Waals surface area contributed by atoms with Crippen LogP contribution in [0.15, 0.2) is 54.6 Å². The first kappa shape index (κ1) is 21.8. The molecule has 4 aromatic carbocycles. The fourth-order valence-corrected chi connectivity index (χ4v) is 3.46. The Labute approximate surface area is 196 Å². The highest BCUT2D eigenvalue weighted by molar-refractivity contribution is 5.98. The van der Waals surface area contributed by atoms with E-state index in [1.54, 1.807) is 30.3 Å². The largest absolute Gasteiger partial charge is 0.506 e. The van der Waals surface area contributed by atoms with Crippen molar-refractivity contribution in [1.82, 2.24) is 0 Å². The molecule has 0 aliphatic heterocycles. The number of nitrogen functional groups attached to an aromatic ring is 2. The van der Waals surface area contributed by atoms with Gasteiger partial charge in [-0.25, -0.2) is 0 Å². The summed E-state index contributed by atoms with van der Waals surface area (Å²) in [6.07, 6.45) is 17.5. The lowest BCUT2D eigenvalue weighted by molar-refractivity contribution is 0.465. The van der Waals surface area contributed by atoms with E-state index in [9.17, 15) is 10.2 Å². The maximum Gasteiger partial charge on any atom is 0.159 e. The number of hydrogen-bond acceptors (Lipinski definition) is 6. The molecule has 0 unspecified atom stereocenters. The first-order chi connectivity index (χ1) is 16.4. The minimum absolute atomic E-state index is 0.0525. The number of phenols is 2. The molecule has 34 heavy (non-hydrogen) atoms. The molecule has 0 aliphatic rings. The van der Waals surface area contributed by atoms with E-state index in [2.05, 4.69) is 17.8 Å². The van der Waals surface area contributed by atoms with Gasteiger partial charge in [-0.15, -0.1) is 19.3 Å². The van der Waals surface area contributed by atoms with Crippen molar-refractivity contribution in [3.63, 3.8) is 0 Å². The van der Waals surface area contributed by atoms with Crippen molar-refractivity contribution in [2.45, 2.75) is 0 Å². The predicted octanol–water partition coefficient (Wildman–Crippen LogP) is 4.94. The van der Waals surface area contributed by atoms with Gasteiger partial charge in [0.15, 0.2) is 5.75 Å². The Balaban J connectivity index is 1.87. The smallest absolute Gasteiger partial charge is 0.159 e. The third-order valence-electron chi connectivity index (χ3n) is 5.13. The van der Waals surface area contributed by atoms with E-state index in [1.165, 1.54) is 24.3 Å². The number of terminal acetylenes is 3. The topological polar surface area (TPSA) is 111 Å². The molecule has 0 atom stereocenters. The van der Waals surface area contributed by atoms with Crippen molar-refractivity contribution >= 4 is 22.1 Å². The molecule has 0 bridgehead atoms. The van der Waals surface area contributed by atoms with Crippen molar-refractivity contribution < 1.29 is 19.7 Å². The average molecular weight is 446 g/mol. The predicted molar refractivity (Wildman–Crippen MR) is 133 cm³/mol. The maximum atomic E-state index is 9.68. The summed E-state index contributed by atoms with van der Waals surface area (Å²) in [7, 11) is 0. The van der Waals surface area contributed by atoms with Gasteiger partial charge in [-0.05, 0) is 42.5 Å². The van der Waals surface area contributed by atoms with Gasteiger partial charge in [0.2, 0.25) is 0 Å². The van der Waals surface area contributed by atoms with Gasteiger partial charge in [-0.3, -0.25) is 0 Å². The Morgan fingerprint density at radius 3 is 1.76 bits per heavy atom. The van der Waals surface area contributed by atoms with Gasteiger partial charge in [-0.2, -0.15) is 0 Å². The molecule has 0 radical (unpaired) electrons. The first-order valence-corrected chi connectivity index (χ1v) is 9.92. The molecule has 0 aliphatic carbocycles. The summed E-state index contributed by atoms with van der Waals surface area (Å²) in [5.41, 5.74) is 13.0. The van der Waals surface area contributed by atoms with Crippen molar-refractivity contribution in [2.75, 3.05) is 11.5 Å². The van der Waals surface area contributed by atoms with Crippen LogP contribution >= 0.6 is 0 Å². The second kappa shape index (κ2) is 8.63. The molecule has 0 amide bonds. The molecule has 4 aromatic rings. The average Bonchev–Trinajstić information content (AvgIpc) is 2.83. The fourth-order valence-electron chi connectivity index (χ4n) is 3.46. The molecule has 6 heteroatoms. The lowest BCUT2D eigenvalue weighted by Gasteiger charge is -2.16. The molecular weight excluding hydrogens is 428 g/mol. The van der Waals surface area contributed by atoms with Gasteiger partial charge < -0.3 is 31.2 Å². The van der Waals surface area contributed by atoms with Crippen LogP contribution in [-0.4, -0.2) is 10.2 Å². The molecule has 0 saturated heterocycles. The van der Waals surface area contributed by atoms with Crippen LogP contribution in [0.25, 0.3) is 10.8 Å². The number of benzene rings is 4. The molecule has 0 heterocycles. The highest BCUT2D eigenvalue weighted by Crippen LogP contribution is 2.40. The minimum atomic E-state index is -0.0678. The van der Waals surface area contributed by atoms with E-state index >= 15 is 0 Å². The number of phenolic OH excluding ortho intramolecular Hbond substituents is 2. The van der Waals surface area contributed by atoms with Crippen LogP contribution in [0.2, 0.25) is 0 Å². The van der Waals surface area contributed by atoms with Crippen molar-refractivity contribution in [1.29, 1.82) is 0 Å². The summed E-state index contributed by atoms with van der Waals surface area (Å²) < 4.78 is 11.9. The fraction of sp³-hybridized carbons (Fsp3) is 0. The van der Waals surface area contributed by atoms with Crippen molar-refractivity contribution in [2.24, 2.45) is 0 Å². The van der Waals surface area contributed by atoms with Crippen molar-refractivity contribution in [3.8, 4) is 71.5 Å². The zero-order valence-electron chi connectivity index (χ0n) is 17.8. The summed E-state index contributed by atoms with van der Waals surface area (Å²) in [5, 5.41) is 20.6. The SMILES string of the molecule is C#Cc1cc2c(C#C)c(Oc3ccc(O)c(N)c3)ccc2c(C#C)c1Oc1ccc(O)c(N)c1. The summed E-state index contributed by atoms with van der Waals surface area (Å²) in [5.74, 6) is 9.16. The van der Waals surface area contributed by atoms with E-state index in [0.29, 0.717) is 44.7 Å². The Hall–Kier alpha value is -5.38. The number of rotatable bonds is 4. The molecule has 6 nitrogen and oxygen atoms in total. The van der Waals surface area contributed by atoms with Crippen LogP contribution in [0.4, 0.5) is 11.4 Å². The van der Waals surface area contributed by atoms with E-state index in [0.717, 1.165) is 0 Å². The van der Waals surface area contributed by atoms with E-state index < -0.39 is 0 Å². The summed E-state index contributed by atoms with van der Waals surface area (Å²) in [4.78, 5) is 0.